The van der Waals surface area contributed by atoms with Crippen molar-refractivity contribution in [1.29, 1.82) is 0 Å². The predicted molar refractivity (Wildman–Crippen MR) is 211 cm³/mol. The van der Waals surface area contributed by atoms with Crippen LogP contribution in [0, 0.1) is 5.92 Å². The smallest absolute Gasteiger partial charge is 0.0712 e. The number of anilines is 3. The lowest BCUT2D eigenvalue weighted by molar-refractivity contribution is 0.722. The highest BCUT2D eigenvalue weighted by Gasteiger charge is 2.19. The third kappa shape index (κ3) is 7.77. The fourth-order valence-corrected chi connectivity index (χ4v) is 6.86. The molecule has 242 valence electrons. The molecule has 3 aliphatic carbocycles. The monoisotopic (exact) mass is 636 g/mol. The third-order valence-corrected chi connectivity index (χ3v) is 9.27. The second-order valence-electron chi connectivity index (χ2n) is 12.8. The Morgan fingerprint density at radius 1 is 0.714 bits per heavy atom. The Bertz CT molecular complexity index is 2010. The molecule has 2 heteroatoms. The van der Waals surface area contributed by atoms with Gasteiger partial charge in [0.1, 0.15) is 0 Å². The molecule has 1 unspecified atom stereocenters. The number of nitrogens with zero attached hydrogens (tertiary/aromatic N) is 2. The first-order valence-corrected chi connectivity index (χ1v) is 17.6. The first-order chi connectivity index (χ1) is 24.2. The van der Waals surface area contributed by atoms with Gasteiger partial charge in [0.05, 0.1) is 6.04 Å². The molecule has 49 heavy (non-hydrogen) atoms. The number of para-hydroxylation sites is 1. The minimum absolute atomic E-state index is 0.102. The van der Waals surface area contributed by atoms with Crippen LogP contribution >= 0.6 is 0 Å². The van der Waals surface area contributed by atoms with Gasteiger partial charge in [-0.15, -0.1) is 0 Å². The van der Waals surface area contributed by atoms with Crippen LogP contribution in [0.3, 0.4) is 0 Å². The highest BCUT2D eigenvalue weighted by atomic mass is 15.2. The van der Waals surface area contributed by atoms with Crippen LogP contribution in [-0.4, -0.2) is 6.04 Å². The van der Waals surface area contributed by atoms with E-state index in [4.69, 9.17) is 0 Å². The van der Waals surface area contributed by atoms with E-state index in [0.29, 0.717) is 5.92 Å². The van der Waals surface area contributed by atoms with E-state index in [0.717, 1.165) is 25.7 Å². The molecule has 0 aliphatic heterocycles. The van der Waals surface area contributed by atoms with Crippen molar-refractivity contribution < 1.29 is 0 Å². The quantitative estimate of drug-likeness (QED) is 0.160. The van der Waals surface area contributed by atoms with Crippen molar-refractivity contribution in [2.75, 3.05) is 9.80 Å². The Labute approximate surface area is 292 Å². The normalized spacial score (nSPS) is 17.5. The molecule has 0 spiro atoms. The van der Waals surface area contributed by atoms with Gasteiger partial charge >= 0.3 is 0 Å². The average molecular weight is 637 g/mol. The number of hydrogen-bond donors (Lipinski definition) is 0. The predicted octanol–water partition coefficient (Wildman–Crippen LogP) is 12.3. The van der Waals surface area contributed by atoms with Crippen molar-refractivity contribution in [3.05, 3.63) is 211 Å². The van der Waals surface area contributed by atoms with Crippen molar-refractivity contribution in [3.8, 4) is 0 Å². The second-order valence-corrected chi connectivity index (χ2v) is 12.8. The van der Waals surface area contributed by atoms with E-state index in [-0.39, 0.29) is 6.04 Å². The highest BCUT2D eigenvalue weighted by Crippen LogP contribution is 2.35. The van der Waals surface area contributed by atoms with Crippen molar-refractivity contribution in [2.24, 2.45) is 5.92 Å². The molecule has 2 nitrogen and oxygen atoms in total. The molecule has 7 rings (SSSR count). The third-order valence-electron chi connectivity index (χ3n) is 9.27. The van der Waals surface area contributed by atoms with Gasteiger partial charge < -0.3 is 9.80 Å². The molecule has 0 N–H and O–H groups in total. The summed E-state index contributed by atoms with van der Waals surface area (Å²) in [6, 6.07) is 35.3. The fourth-order valence-electron chi connectivity index (χ4n) is 6.86. The van der Waals surface area contributed by atoms with Gasteiger partial charge in [-0.3, -0.25) is 0 Å². The van der Waals surface area contributed by atoms with E-state index in [1.54, 1.807) is 0 Å². The molecule has 2 bridgehead atoms. The van der Waals surface area contributed by atoms with Gasteiger partial charge in [-0.1, -0.05) is 147 Å². The Hall–Kier alpha value is -5.60. The van der Waals surface area contributed by atoms with E-state index in [1.807, 2.05) is 0 Å². The molecule has 1 atom stereocenters. The van der Waals surface area contributed by atoms with Crippen LogP contribution in [-0.2, 0) is 6.42 Å². The van der Waals surface area contributed by atoms with Crippen LogP contribution in [0.2, 0.25) is 0 Å². The molecule has 0 heterocycles. The zero-order valence-electron chi connectivity index (χ0n) is 28.3. The Kier molecular flexibility index (Phi) is 10.1. The van der Waals surface area contributed by atoms with Crippen LogP contribution in [0.5, 0.6) is 0 Å². The fraction of sp³-hybridized carbons (Fsp3) is 0.149. The standard InChI is InChI=1S/C47H44N2/c1-2-15-42(48(43-21-6-3-4-7-22-43)47-33-29-40-19-12-13-20-41(40)36-47)25-14-18-37-26-30-45(31-27-37)49(44-23-8-5-9-24-44)46-32-28-38-16-10-11-17-39(34-38)35-46/h3-10,12-16,19-36,39,43H,2,11,17-18H2,1H3/b25-14-,42-15+. The summed E-state index contributed by atoms with van der Waals surface area (Å²) in [5.41, 5.74) is 8.51. The van der Waals surface area contributed by atoms with Gasteiger partial charge in [0, 0.05) is 28.5 Å². The molecule has 3 aliphatic rings. The molecule has 0 aromatic heterocycles. The van der Waals surface area contributed by atoms with Crippen LogP contribution in [0.15, 0.2) is 205 Å². The maximum absolute atomic E-state index is 2.45. The van der Waals surface area contributed by atoms with Gasteiger partial charge in [0.25, 0.3) is 0 Å². The van der Waals surface area contributed by atoms with E-state index < -0.39 is 0 Å². The summed E-state index contributed by atoms with van der Waals surface area (Å²) in [5.74, 6) is 0.422. The lowest BCUT2D eigenvalue weighted by Crippen LogP contribution is -2.31. The van der Waals surface area contributed by atoms with Gasteiger partial charge in [-0.2, -0.15) is 0 Å². The van der Waals surface area contributed by atoms with Gasteiger partial charge in [0.2, 0.25) is 0 Å². The first-order valence-electron chi connectivity index (χ1n) is 17.6. The van der Waals surface area contributed by atoms with E-state index in [2.05, 4.69) is 205 Å². The first kappa shape index (κ1) is 32.0. The molecule has 0 amide bonds. The minimum atomic E-state index is 0.102. The zero-order valence-corrected chi connectivity index (χ0v) is 28.3. The molecular formula is C47H44N2. The lowest BCUT2D eigenvalue weighted by Gasteiger charge is -2.31. The van der Waals surface area contributed by atoms with Crippen LogP contribution in [0.25, 0.3) is 10.8 Å². The zero-order chi connectivity index (χ0) is 33.3. The molecule has 0 fully saturated rings. The summed E-state index contributed by atoms with van der Waals surface area (Å²) in [6.45, 7) is 2.21. The maximum Gasteiger partial charge on any atom is 0.0712 e. The molecule has 4 aromatic carbocycles. The SMILES string of the molecule is CC/C=C(\C=C/Cc1ccc(N(C2=CC3C=C(C=CCC3)C=C2)c2ccccc2)cc1)N(c1ccc2ccccc2c1)C1C=CC=CC=C1. The largest absolute Gasteiger partial charge is 0.331 e. The number of benzene rings is 4. The Morgan fingerprint density at radius 2 is 1.45 bits per heavy atom. The van der Waals surface area contributed by atoms with E-state index in [9.17, 15) is 0 Å². The van der Waals surface area contributed by atoms with Crippen molar-refractivity contribution >= 4 is 27.8 Å². The maximum atomic E-state index is 2.45. The summed E-state index contributed by atoms with van der Waals surface area (Å²) in [4.78, 5) is 4.83. The summed E-state index contributed by atoms with van der Waals surface area (Å²) in [7, 11) is 0. The van der Waals surface area contributed by atoms with Crippen LogP contribution in [0.4, 0.5) is 17.1 Å². The van der Waals surface area contributed by atoms with Crippen molar-refractivity contribution in [1.82, 2.24) is 0 Å². The average Bonchev–Trinajstić information content (AvgIpc) is 3.63. The molecule has 0 radical (unpaired) electrons. The summed E-state index contributed by atoms with van der Waals surface area (Å²) >= 11 is 0. The van der Waals surface area contributed by atoms with Gasteiger partial charge in [-0.05, 0) is 102 Å². The molecular weight excluding hydrogens is 593 g/mol. The Balaban J connectivity index is 1.15. The number of hydrogen-bond acceptors (Lipinski definition) is 2. The van der Waals surface area contributed by atoms with Crippen LogP contribution < -0.4 is 9.80 Å². The van der Waals surface area contributed by atoms with Crippen molar-refractivity contribution in [3.63, 3.8) is 0 Å². The van der Waals surface area contributed by atoms with Crippen molar-refractivity contribution in [2.45, 2.75) is 38.6 Å². The van der Waals surface area contributed by atoms with E-state index in [1.165, 1.54) is 50.4 Å². The molecule has 0 saturated carbocycles. The van der Waals surface area contributed by atoms with E-state index >= 15 is 0 Å². The second kappa shape index (κ2) is 15.5. The highest BCUT2D eigenvalue weighted by molar-refractivity contribution is 5.86. The molecule has 0 saturated heterocycles. The summed E-state index contributed by atoms with van der Waals surface area (Å²) in [5, 5.41) is 2.50. The van der Waals surface area contributed by atoms with Gasteiger partial charge in [0.15, 0.2) is 0 Å². The summed E-state index contributed by atoms with van der Waals surface area (Å²) in [6.07, 6.45) is 37.9. The number of allylic oxidation sites excluding steroid dienone is 14. The Morgan fingerprint density at radius 3 is 2.24 bits per heavy atom. The number of fused-ring (bicyclic) bond motifs is 2. The molecule has 4 aromatic rings. The van der Waals surface area contributed by atoms with Crippen LogP contribution in [0.1, 0.15) is 31.7 Å². The lowest BCUT2D eigenvalue weighted by atomic mass is 10.0. The number of rotatable bonds is 10. The van der Waals surface area contributed by atoms with Gasteiger partial charge in [-0.25, -0.2) is 0 Å². The summed E-state index contributed by atoms with van der Waals surface area (Å²) < 4.78 is 0. The minimum Gasteiger partial charge on any atom is -0.331 e. The topological polar surface area (TPSA) is 6.48 Å².